The van der Waals surface area contributed by atoms with Gasteiger partial charge in [0.15, 0.2) is 0 Å². The molecule has 9 heterocycles. The van der Waals surface area contributed by atoms with Crippen LogP contribution in [0, 0.1) is 20.8 Å². The molecule has 9 aromatic rings. The van der Waals surface area contributed by atoms with Crippen molar-refractivity contribution in [3.63, 3.8) is 0 Å². The minimum absolute atomic E-state index is 0.0274. The van der Waals surface area contributed by atoms with E-state index in [0.29, 0.717) is 75.6 Å². The lowest BCUT2D eigenvalue weighted by Crippen LogP contribution is -2.47. The highest BCUT2D eigenvalue weighted by Crippen LogP contribution is 2.26. The summed E-state index contributed by atoms with van der Waals surface area (Å²) < 4.78 is 5.35. The van der Waals surface area contributed by atoms with Gasteiger partial charge in [0.2, 0.25) is 17.5 Å². The van der Waals surface area contributed by atoms with E-state index < -0.39 is 35.8 Å². The summed E-state index contributed by atoms with van der Waals surface area (Å²) in [6.07, 6.45) is 8.20. The maximum Gasteiger partial charge on any atom is 0.291 e. The van der Waals surface area contributed by atoms with Gasteiger partial charge in [-0.2, -0.15) is 15.3 Å². The van der Waals surface area contributed by atoms with Gasteiger partial charge in [-0.1, -0.05) is 91.0 Å². The van der Waals surface area contributed by atoms with Gasteiger partial charge >= 0.3 is 0 Å². The molecule has 27 heteroatoms. The van der Waals surface area contributed by atoms with E-state index in [-0.39, 0.29) is 35.2 Å². The summed E-state index contributed by atoms with van der Waals surface area (Å²) in [5, 5.41) is 41.5. The lowest BCUT2D eigenvalue weighted by Gasteiger charge is -2.20. The van der Waals surface area contributed by atoms with Crippen molar-refractivity contribution in [2.24, 2.45) is 0 Å². The third kappa shape index (κ3) is 12.8. The molecule has 1 unspecified atom stereocenters. The van der Waals surface area contributed by atoms with Crippen LogP contribution in [0.25, 0.3) is 0 Å². The average Bonchev–Trinajstić information content (AvgIpc) is 4.41. The number of rotatable bonds is 12. The number of carbonyl (C=O) groups excluding carboxylic acids is 6. The van der Waals surface area contributed by atoms with Crippen LogP contribution in [0.5, 0.6) is 0 Å². The van der Waals surface area contributed by atoms with Crippen LogP contribution in [0.15, 0.2) is 110 Å². The Morgan fingerprint density at radius 2 is 0.702 bits per heavy atom. The Morgan fingerprint density at radius 3 is 0.964 bits per heavy atom. The molecule has 0 radical (unpaired) electrons. The van der Waals surface area contributed by atoms with Crippen molar-refractivity contribution in [3.8, 4) is 0 Å². The third-order valence-corrected chi connectivity index (χ3v) is 14.5. The number of benzene rings is 3. The molecule has 432 valence electrons. The van der Waals surface area contributed by atoms with E-state index in [0.717, 1.165) is 50.8 Å². The van der Waals surface area contributed by atoms with Gasteiger partial charge in [-0.05, 0) is 56.7 Å². The minimum Gasteiger partial charge on any atom is -0.337 e. The van der Waals surface area contributed by atoms with E-state index in [2.05, 4.69) is 76.8 Å². The van der Waals surface area contributed by atoms with E-state index in [1.54, 1.807) is 68.5 Å². The number of fused-ring (bicyclic) bond motifs is 3. The predicted octanol–water partition coefficient (Wildman–Crippen LogP) is 3.20. The number of aryl methyl sites for hydroxylation is 6. The van der Waals surface area contributed by atoms with Crippen molar-refractivity contribution in [1.29, 1.82) is 0 Å². The fourth-order valence-corrected chi connectivity index (χ4v) is 10.2. The third-order valence-electron chi connectivity index (χ3n) is 14.5. The molecule has 6 amide bonds. The summed E-state index contributed by atoms with van der Waals surface area (Å²) in [7, 11) is 5.08. The Hall–Kier alpha value is -10.5. The van der Waals surface area contributed by atoms with Gasteiger partial charge in [0.05, 0.1) is 18.6 Å². The van der Waals surface area contributed by atoms with Gasteiger partial charge in [0.1, 0.15) is 53.1 Å². The zero-order valence-electron chi connectivity index (χ0n) is 47.1. The summed E-state index contributed by atoms with van der Waals surface area (Å²) in [5.74, 6) is 2.15. The molecule has 6 N–H and O–H groups in total. The number of aromatic amines is 3. The van der Waals surface area contributed by atoms with Crippen LogP contribution >= 0.6 is 0 Å². The summed E-state index contributed by atoms with van der Waals surface area (Å²) in [6, 6.07) is 27.4. The lowest BCUT2D eigenvalue weighted by molar-refractivity contribution is -0.120. The minimum atomic E-state index is -0.658. The first kappa shape index (κ1) is 56.8. The molecule has 3 aliphatic rings. The number of nitrogens with one attached hydrogen (secondary N) is 6. The normalized spacial score (nSPS) is 16.6. The zero-order chi connectivity index (χ0) is 59.0. The molecule has 0 fully saturated rings. The Kier molecular flexibility index (Phi) is 17.0. The number of hydrogen-bond donors (Lipinski definition) is 6. The summed E-state index contributed by atoms with van der Waals surface area (Å²) in [5.41, 5.74) is 5.95. The van der Waals surface area contributed by atoms with E-state index in [4.69, 9.17) is 0 Å². The van der Waals surface area contributed by atoms with Crippen LogP contribution in [-0.2, 0) is 53.3 Å². The average molecular weight is 1140 g/mol. The number of amides is 6. The zero-order valence-corrected chi connectivity index (χ0v) is 47.1. The van der Waals surface area contributed by atoms with Crippen LogP contribution in [0.2, 0.25) is 0 Å². The van der Waals surface area contributed by atoms with Crippen LogP contribution in [0.1, 0.15) is 102 Å². The quantitative estimate of drug-likeness (QED) is 0.102. The van der Waals surface area contributed by atoms with Gasteiger partial charge in [-0.15, -0.1) is 15.3 Å². The van der Waals surface area contributed by atoms with Gasteiger partial charge in [-0.3, -0.25) is 58.8 Å². The second-order valence-electron chi connectivity index (χ2n) is 20.6. The predicted molar refractivity (Wildman–Crippen MR) is 306 cm³/mol. The number of H-pyrrole nitrogens is 3. The molecule has 27 nitrogen and oxygen atoms in total. The van der Waals surface area contributed by atoms with E-state index in [1.165, 1.54) is 0 Å². The molecule has 0 saturated heterocycles. The van der Waals surface area contributed by atoms with Crippen molar-refractivity contribution in [3.05, 3.63) is 178 Å². The summed E-state index contributed by atoms with van der Waals surface area (Å²) >= 11 is 0. The Morgan fingerprint density at radius 1 is 0.440 bits per heavy atom. The van der Waals surface area contributed by atoms with Gasteiger partial charge in [0.25, 0.3) is 35.4 Å². The van der Waals surface area contributed by atoms with Crippen LogP contribution in [-0.4, -0.2) is 150 Å². The standard InChI is InChI=1S/3C19H21N7O2/c3*1-12-11-20-26-9-8-14(19(28)25(2)18(12)26)21-17(27)16-22-15(23-24-16)10-13-6-4-3-5-7-13/h3*3-7,11,14H,8-10H2,1-2H3,(H,21,27)(H,22,23,24)/t2*14-;/m10./s1. The lowest BCUT2D eigenvalue weighted by atomic mass is 10.1. The SMILES string of the molecule is Cc1cnn2c1N(C)C(=O)C(NC(=O)c1n[nH]c(Cc3ccccc3)n1)CC2.Cc1cnn2c1N(C)C(=O)[C@@H](NC(=O)c1n[nH]c(Cc3ccccc3)n1)CC2.Cc1cnn2c1N(C)C(=O)[C@H](NC(=O)c1n[nH]c(Cc3ccccc3)n1)CC2. The number of likely N-dealkylation sites (N-methyl/N-ethyl adjacent to an activating group) is 3. The largest absolute Gasteiger partial charge is 0.337 e. The Bertz CT molecular complexity index is 3420. The number of aromatic nitrogens is 15. The first-order valence-electron chi connectivity index (χ1n) is 27.3. The topological polar surface area (TPSA) is 326 Å². The molecule has 84 heavy (non-hydrogen) atoms. The number of nitrogens with zero attached hydrogens (tertiary/aromatic N) is 15. The molecule has 0 saturated carbocycles. The first-order valence-corrected chi connectivity index (χ1v) is 27.3. The molecule has 3 aromatic carbocycles. The van der Waals surface area contributed by atoms with Crippen molar-refractivity contribution in [2.75, 3.05) is 35.8 Å². The number of hydrogen-bond acceptors (Lipinski definition) is 15. The highest BCUT2D eigenvalue weighted by molar-refractivity contribution is 6.03. The van der Waals surface area contributed by atoms with Gasteiger partial charge in [0, 0.05) is 76.7 Å². The molecular formula is C57H63N21O6. The Labute approximate surface area is 481 Å². The Balaban J connectivity index is 0.000000140. The van der Waals surface area contributed by atoms with Crippen LogP contribution < -0.4 is 30.7 Å². The second-order valence-corrected chi connectivity index (χ2v) is 20.6. The molecule has 0 aliphatic carbocycles. The van der Waals surface area contributed by atoms with E-state index in [1.807, 2.05) is 112 Å². The second kappa shape index (κ2) is 25.1. The smallest absolute Gasteiger partial charge is 0.291 e. The van der Waals surface area contributed by atoms with E-state index in [9.17, 15) is 28.8 Å². The van der Waals surface area contributed by atoms with Crippen molar-refractivity contribution < 1.29 is 28.8 Å². The summed E-state index contributed by atoms with van der Waals surface area (Å²) in [6.45, 7) is 7.34. The molecule has 3 aliphatic heterocycles. The fourth-order valence-electron chi connectivity index (χ4n) is 10.2. The maximum atomic E-state index is 12.8. The number of carbonyl (C=O) groups is 6. The number of anilines is 3. The van der Waals surface area contributed by atoms with Crippen molar-refractivity contribution in [2.45, 2.75) is 97.1 Å². The molecular weight excluding hydrogens is 1070 g/mol. The van der Waals surface area contributed by atoms with Crippen molar-refractivity contribution in [1.82, 2.24) is 90.8 Å². The molecule has 6 aromatic heterocycles. The molecule has 0 bridgehead atoms. The van der Waals surface area contributed by atoms with Crippen LogP contribution in [0.3, 0.4) is 0 Å². The molecule has 12 rings (SSSR count). The van der Waals surface area contributed by atoms with Crippen molar-refractivity contribution >= 4 is 52.9 Å². The van der Waals surface area contributed by atoms with Crippen LogP contribution in [0.4, 0.5) is 17.5 Å². The van der Waals surface area contributed by atoms with E-state index >= 15 is 0 Å². The molecule has 0 spiro atoms. The monoisotopic (exact) mass is 1140 g/mol. The highest BCUT2D eigenvalue weighted by atomic mass is 16.2. The molecule has 3 atom stereocenters. The first-order chi connectivity index (χ1) is 40.6. The maximum absolute atomic E-state index is 12.8. The fraction of sp³-hybridized carbons (Fsp3) is 0.316. The summed E-state index contributed by atoms with van der Waals surface area (Å²) in [4.78, 5) is 93.5. The highest BCUT2D eigenvalue weighted by Gasteiger charge is 2.35. The van der Waals surface area contributed by atoms with Gasteiger partial charge < -0.3 is 16.0 Å². The van der Waals surface area contributed by atoms with Gasteiger partial charge in [-0.25, -0.2) is 29.0 Å².